The lowest BCUT2D eigenvalue weighted by Crippen LogP contribution is -2.25. The van der Waals surface area contributed by atoms with Crippen LogP contribution in [0.5, 0.6) is 0 Å². The fourth-order valence-corrected chi connectivity index (χ4v) is 3.16. The molecular weight excluding hydrogens is 306 g/mol. The lowest BCUT2D eigenvalue weighted by Gasteiger charge is -2.15. The van der Waals surface area contributed by atoms with Crippen molar-refractivity contribution in [1.82, 2.24) is 9.97 Å². The van der Waals surface area contributed by atoms with Gasteiger partial charge in [0.05, 0.1) is 22.1 Å². The van der Waals surface area contributed by atoms with Gasteiger partial charge in [-0.2, -0.15) is 0 Å². The average Bonchev–Trinajstić information content (AvgIpc) is 2.91. The standard InChI is InChI=1S/C14H11N3O4S/c18-10-5-8(13(20)21)4-9-11(10)22-14(16-9)17-12(19)7-2-1-3-15-6-7/h1-3,6,8H,4-5H2,(H,20,21)(H,16,17,19)/t8-/m1/s1. The Labute approximate surface area is 129 Å². The largest absolute Gasteiger partial charge is 0.481 e. The van der Waals surface area contributed by atoms with Crippen LogP contribution < -0.4 is 5.32 Å². The highest BCUT2D eigenvalue weighted by atomic mass is 32.1. The van der Waals surface area contributed by atoms with Gasteiger partial charge in [0.1, 0.15) is 0 Å². The Morgan fingerprint density at radius 3 is 2.86 bits per heavy atom. The molecule has 2 aromatic heterocycles. The molecule has 0 radical (unpaired) electrons. The van der Waals surface area contributed by atoms with E-state index in [2.05, 4.69) is 15.3 Å². The molecule has 0 aromatic carbocycles. The number of amides is 1. The summed E-state index contributed by atoms with van der Waals surface area (Å²) in [5, 5.41) is 11.9. The van der Waals surface area contributed by atoms with Gasteiger partial charge in [-0.3, -0.25) is 24.7 Å². The fourth-order valence-electron chi connectivity index (χ4n) is 2.22. The van der Waals surface area contributed by atoms with Crippen molar-refractivity contribution in [2.24, 2.45) is 5.92 Å². The molecule has 0 fully saturated rings. The number of hydrogen-bond acceptors (Lipinski definition) is 6. The number of carbonyl (C=O) groups excluding carboxylic acids is 2. The van der Waals surface area contributed by atoms with E-state index >= 15 is 0 Å². The normalized spacial score (nSPS) is 16.9. The topological polar surface area (TPSA) is 109 Å². The summed E-state index contributed by atoms with van der Waals surface area (Å²) in [7, 11) is 0. The molecular formula is C14H11N3O4S. The summed E-state index contributed by atoms with van der Waals surface area (Å²) >= 11 is 1.07. The number of nitrogens with zero attached hydrogens (tertiary/aromatic N) is 2. The van der Waals surface area contributed by atoms with Crippen LogP contribution in [0.4, 0.5) is 5.13 Å². The molecule has 0 saturated heterocycles. The van der Waals surface area contributed by atoms with Crippen LogP contribution in [0.25, 0.3) is 0 Å². The van der Waals surface area contributed by atoms with Gasteiger partial charge in [0.2, 0.25) is 0 Å². The predicted octanol–water partition coefficient (Wildman–Crippen LogP) is 1.62. The van der Waals surface area contributed by atoms with E-state index in [1.54, 1.807) is 18.3 Å². The van der Waals surface area contributed by atoms with Crippen molar-refractivity contribution >= 4 is 34.1 Å². The van der Waals surface area contributed by atoms with Gasteiger partial charge in [0, 0.05) is 25.2 Å². The van der Waals surface area contributed by atoms with Crippen molar-refractivity contribution < 1.29 is 19.5 Å². The molecule has 8 heteroatoms. The molecule has 112 valence electrons. The molecule has 1 aliphatic rings. The minimum absolute atomic E-state index is 0.0273. The van der Waals surface area contributed by atoms with Gasteiger partial charge in [-0.05, 0) is 12.1 Å². The zero-order chi connectivity index (χ0) is 15.7. The Hall–Kier alpha value is -2.61. The number of nitrogens with one attached hydrogen (secondary N) is 1. The second-order valence-electron chi connectivity index (χ2n) is 4.86. The number of anilines is 1. The van der Waals surface area contributed by atoms with Gasteiger partial charge < -0.3 is 5.11 Å². The number of aliphatic carboxylic acids is 1. The number of thiazole rings is 1. The van der Waals surface area contributed by atoms with Crippen LogP contribution in [0.3, 0.4) is 0 Å². The van der Waals surface area contributed by atoms with Crippen LogP contribution in [0, 0.1) is 5.92 Å². The van der Waals surface area contributed by atoms with Crippen LogP contribution in [0.2, 0.25) is 0 Å². The van der Waals surface area contributed by atoms with Crippen LogP contribution in [0.15, 0.2) is 24.5 Å². The van der Waals surface area contributed by atoms with Crippen molar-refractivity contribution in [3.63, 3.8) is 0 Å². The maximum Gasteiger partial charge on any atom is 0.307 e. The predicted molar refractivity (Wildman–Crippen MR) is 78.1 cm³/mol. The number of hydrogen-bond donors (Lipinski definition) is 2. The molecule has 2 heterocycles. The first-order valence-electron chi connectivity index (χ1n) is 6.51. The minimum atomic E-state index is -1.01. The smallest absolute Gasteiger partial charge is 0.307 e. The minimum Gasteiger partial charge on any atom is -0.481 e. The highest BCUT2D eigenvalue weighted by Crippen LogP contribution is 2.32. The molecule has 0 bridgehead atoms. The molecule has 22 heavy (non-hydrogen) atoms. The highest BCUT2D eigenvalue weighted by molar-refractivity contribution is 7.17. The van der Waals surface area contributed by atoms with E-state index in [-0.39, 0.29) is 24.5 Å². The van der Waals surface area contributed by atoms with Crippen molar-refractivity contribution in [2.75, 3.05) is 5.32 Å². The van der Waals surface area contributed by atoms with Crippen molar-refractivity contribution in [3.8, 4) is 0 Å². The summed E-state index contributed by atoms with van der Waals surface area (Å²) < 4.78 is 0. The summed E-state index contributed by atoms with van der Waals surface area (Å²) in [6, 6.07) is 3.25. The summed E-state index contributed by atoms with van der Waals surface area (Å²) in [5.74, 6) is -2.37. The number of aromatic nitrogens is 2. The molecule has 1 amide bonds. The van der Waals surface area contributed by atoms with Crippen molar-refractivity contribution in [1.29, 1.82) is 0 Å². The first kappa shape index (κ1) is 14.3. The van der Waals surface area contributed by atoms with Gasteiger partial charge in [0.15, 0.2) is 10.9 Å². The van der Waals surface area contributed by atoms with Gasteiger partial charge in [-0.15, -0.1) is 0 Å². The van der Waals surface area contributed by atoms with E-state index in [9.17, 15) is 14.4 Å². The lowest BCUT2D eigenvalue weighted by atomic mass is 9.90. The van der Waals surface area contributed by atoms with E-state index in [1.807, 2.05) is 0 Å². The molecule has 1 atom stereocenters. The molecule has 2 N–H and O–H groups in total. The first-order chi connectivity index (χ1) is 10.5. The van der Waals surface area contributed by atoms with E-state index in [4.69, 9.17) is 5.11 Å². The highest BCUT2D eigenvalue weighted by Gasteiger charge is 2.33. The van der Waals surface area contributed by atoms with Crippen LogP contribution in [0.1, 0.15) is 32.1 Å². The monoisotopic (exact) mass is 317 g/mol. The van der Waals surface area contributed by atoms with Gasteiger partial charge in [0.25, 0.3) is 5.91 Å². The lowest BCUT2D eigenvalue weighted by molar-refractivity contribution is -0.141. The number of fused-ring (bicyclic) bond motifs is 1. The Balaban J connectivity index is 1.81. The summed E-state index contributed by atoms with van der Waals surface area (Å²) in [5.41, 5.74) is 0.820. The molecule has 2 aromatic rings. The quantitative estimate of drug-likeness (QED) is 0.890. The Bertz CT molecular complexity index is 757. The number of carboxylic acids is 1. The second-order valence-corrected chi connectivity index (χ2v) is 5.86. The molecule has 1 aliphatic carbocycles. The van der Waals surface area contributed by atoms with Crippen molar-refractivity contribution in [2.45, 2.75) is 12.8 Å². The van der Waals surface area contributed by atoms with E-state index in [0.717, 1.165) is 11.3 Å². The summed E-state index contributed by atoms with van der Waals surface area (Å²) in [6.07, 6.45) is 3.16. The first-order valence-corrected chi connectivity index (χ1v) is 7.33. The summed E-state index contributed by atoms with van der Waals surface area (Å²) in [6.45, 7) is 0. The third kappa shape index (κ3) is 2.73. The Kier molecular flexibility index (Phi) is 3.68. The van der Waals surface area contributed by atoms with Crippen LogP contribution in [-0.2, 0) is 11.2 Å². The third-order valence-electron chi connectivity index (χ3n) is 3.32. The fraction of sp³-hybridized carbons (Fsp3) is 0.214. The molecule has 3 rings (SSSR count). The van der Waals surface area contributed by atoms with Gasteiger partial charge in [-0.1, -0.05) is 11.3 Å². The zero-order valence-electron chi connectivity index (χ0n) is 11.3. The average molecular weight is 317 g/mol. The number of rotatable bonds is 3. The van der Waals surface area contributed by atoms with Crippen LogP contribution in [-0.4, -0.2) is 32.7 Å². The van der Waals surface area contributed by atoms with Crippen LogP contribution >= 0.6 is 11.3 Å². The Morgan fingerprint density at radius 2 is 2.18 bits per heavy atom. The van der Waals surface area contributed by atoms with Gasteiger partial charge >= 0.3 is 5.97 Å². The number of ketones is 1. The number of pyridine rings is 1. The van der Waals surface area contributed by atoms with E-state index in [1.165, 1.54) is 6.20 Å². The number of Topliss-reactive ketones (excluding diaryl/α,β-unsaturated/α-hetero) is 1. The SMILES string of the molecule is O=C(Nc1nc2c(s1)C(=O)C[C@H](C(=O)O)C2)c1cccnc1. The summed E-state index contributed by atoms with van der Waals surface area (Å²) in [4.78, 5) is 43.5. The molecule has 0 saturated carbocycles. The molecule has 7 nitrogen and oxygen atoms in total. The Morgan fingerprint density at radius 1 is 1.36 bits per heavy atom. The van der Waals surface area contributed by atoms with E-state index < -0.39 is 11.9 Å². The zero-order valence-corrected chi connectivity index (χ0v) is 12.1. The van der Waals surface area contributed by atoms with Gasteiger partial charge in [-0.25, -0.2) is 4.98 Å². The maximum absolute atomic E-state index is 12.0. The second kappa shape index (κ2) is 5.64. The maximum atomic E-state index is 12.0. The number of carbonyl (C=O) groups is 3. The van der Waals surface area contributed by atoms with Crippen molar-refractivity contribution in [3.05, 3.63) is 40.7 Å². The molecule has 0 unspecified atom stereocenters. The molecule has 0 aliphatic heterocycles. The third-order valence-corrected chi connectivity index (χ3v) is 4.37. The van der Waals surface area contributed by atoms with E-state index in [0.29, 0.717) is 21.3 Å². The molecule has 0 spiro atoms. The number of carboxylic acid groups (broad SMARTS) is 1.